The molecule has 0 aromatic carbocycles. The van der Waals surface area contributed by atoms with E-state index in [1.54, 1.807) is 4.68 Å². The number of nitrogens with zero attached hydrogens (tertiary/aromatic N) is 6. The van der Waals surface area contributed by atoms with Crippen LogP contribution in [-0.4, -0.2) is 67.5 Å². The van der Waals surface area contributed by atoms with Crippen LogP contribution < -0.4 is 0 Å². The third-order valence-electron chi connectivity index (χ3n) is 5.48. The first-order valence-electron chi connectivity index (χ1n) is 8.48. The van der Waals surface area contributed by atoms with E-state index >= 15 is 0 Å². The minimum Gasteiger partial charge on any atom is -0.342 e. The zero-order chi connectivity index (χ0) is 15.8. The second-order valence-electron chi connectivity index (χ2n) is 6.99. The largest absolute Gasteiger partial charge is 0.342 e. The first-order valence-corrected chi connectivity index (χ1v) is 8.48. The molecule has 2 bridgehead atoms. The van der Waals surface area contributed by atoms with E-state index in [0.717, 1.165) is 38.9 Å². The summed E-state index contributed by atoms with van der Waals surface area (Å²) in [6.07, 6.45) is 5.90. The second-order valence-corrected chi connectivity index (χ2v) is 6.99. The predicted molar refractivity (Wildman–Crippen MR) is 80.0 cm³/mol. The fourth-order valence-electron chi connectivity index (χ4n) is 4.46. The summed E-state index contributed by atoms with van der Waals surface area (Å²) in [4.78, 5) is 28.7. The van der Waals surface area contributed by atoms with E-state index in [0.29, 0.717) is 43.2 Å². The molecular formula is C15H22N6O2. The van der Waals surface area contributed by atoms with Crippen LogP contribution in [0.2, 0.25) is 0 Å². The molecular weight excluding hydrogens is 296 g/mol. The highest BCUT2D eigenvalue weighted by molar-refractivity contribution is 5.78. The molecule has 1 unspecified atom stereocenters. The van der Waals surface area contributed by atoms with Crippen LogP contribution in [0, 0.1) is 11.8 Å². The van der Waals surface area contributed by atoms with E-state index in [9.17, 15) is 9.59 Å². The van der Waals surface area contributed by atoms with Crippen molar-refractivity contribution in [3.05, 3.63) is 6.33 Å². The van der Waals surface area contributed by atoms with E-state index in [1.807, 2.05) is 4.90 Å². The molecule has 0 spiro atoms. The number of aryl methyl sites for hydroxylation is 1. The molecule has 8 nitrogen and oxygen atoms in total. The minimum atomic E-state index is 0.172. The van der Waals surface area contributed by atoms with Crippen molar-refractivity contribution in [1.82, 2.24) is 30.0 Å². The van der Waals surface area contributed by atoms with E-state index in [2.05, 4.69) is 20.4 Å². The quantitative estimate of drug-likeness (QED) is 0.778. The average Bonchev–Trinajstić information content (AvgIpc) is 3.07. The number of rotatable bonds is 3. The fraction of sp³-hybridized carbons (Fsp3) is 0.800. The van der Waals surface area contributed by atoms with Gasteiger partial charge in [-0.2, -0.15) is 0 Å². The highest BCUT2D eigenvalue weighted by Gasteiger charge is 2.44. The molecule has 3 saturated heterocycles. The molecule has 4 heterocycles. The summed E-state index contributed by atoms with van der Waals surface area (Å²) in [5.74, 6) is 1.37. The summed E-state index contributed by atoms with van der Waals surface area (Å²) in [6.45, 7) is 2.92. The van der Waals surface area contributed by atoms with Gasteiger partial charge in [0.15, 0.2) is 0 Å². The Morgan fingerprint density at radius 3 is 3.04 bits per heavy atom. The van der Waals surface area contributed by atoms with Crippen LogP contribution in [0.15, 0.2) is 6.33 Å². The van der Waals surface area contributed by atoms with Crippen LogP contribution >= 0.6 is 0 Å². The molecule has 0 aliphatic carbocycles. The van der Waals surface area contributed by atoms with Crippen LogP contribution in [0.4, 0.5) is 0 Å². The number of piperidine rings is 3. The number of amides is 2. The Balaban J connectivity index is 1.39. The molecule has 1 aromatic rings. The van der Waals surface area contributed by atoms with Crippen LogP contribution in [-0.2, 0) is 16.1 Å². The van der Waals surface area contributed by atoms with Crippen molar-refractivity contribution in [2.45, 2.75) is 44.7 Å². The van der Waals surface area contributed by atoms with Gasteiger partial charge in [-0.1, -0.05) is 0 Å². The van der Waals surface area contributed by atoms with Gasteiger partial charge in [-0.3, -0.25) is 9.59 Å². The fourth-order valence-corrected chi connectivity index (χ4v) is 4.46. The molecule has 124 valence electrons. The highest BCUT2D eigenvalue weighted by Crippen LogP contribution is 2.37. The van der Waals surface area contributed by atoms with E-state index in [4.69, 9.17) is 0 Å². The Labute approximate surface area is 134 Å². The van der Waals surface area contributed by atoms with E-state index < -0.39 is 0 Å². The van der Waals surface area contributed by atoms with Gasteiger partial charge in [0.25, 0.3) is 0 Å². The Morgan fingerprint density at radius 1 is 1.30 bits per heavy atom. The van der Waals surface area contributed by atoms with Crippen LogP contribution in [0.1, 0.15) is 32.1 Å². The van der Waals surface area contributed by atoms with Gasteiger partial charge in [0.1, 0.15) is 6.33 Å². The second kappa shape index (κ2) is 5.90. The van der Waals surface area contributed by atoms with Crippen molar-refractivity contribution in [2.75, 3.05) is 19.6 Å². The maximum atomic E-state index is 12.5. The number of hydrogen-bond acceptors (Lipinski definition) is 5. The third-order valence-corrected chi connectivity index (χ3v) is 5.48. The van der Waals surface area contributed by atoms with Crippen molar-refractivity contribution < 1.29 is 9.59 Å². The van der Waals surface area contributed by atoms with Gasteiger partial charge in [-0.05, 0) is 41.5 Å². The van der Waals surface area contributed by atoms with E-state index in [1.165, 1.54) is 6.33 Å². The molecule has 3 atom stereocenters. The molecule has 2 amide bonds. The van der Waals surface area contributed by atoms with Gasteiger partial charge >= 0.3 is 0 Å². The minimum absolute atomic E-state index is 0.172. The summed E-state index contributed by atoms with van der Waals surface area (Å²) >= 11 is 0. The molecule has 0 N–H and O–H groups in total. The van der Waals surface area contributed by atoms with Crippen molar-refractivity contribution in [3.8, 4) is 0 Å². The number of aromatic nitrogens is 4. The number of tetrazole rings is 1. The summed E-state index contributed by atoms with van der Waals surface area (Å²) in [7, 11) is 0. The number of carbonyl (C=O) groups is 2. The zero-order valence-electron chi connectivity index (χ0n) is 13.2. The molecule has 0 radical (unpaired) electrons. The number of fused-ring (bicyclic) bond motifs is 4. The third kappa shape index (κ3) is 2.82. The Hall–Kier alpha value is -1.99. The summed E-state index contributed by atoms with van der Waals surface area (Å²) in [5, 5.41) is 11.0. The zero-order valence-corrected chi connectivity index (χ0v) is 13.2. The number of hydrogen-bond donors (Lipinski definition) is 0. The smallest absolute Gasteiger partial charge is 0.224 e. The number of likely N-dealkylation sites (tertiary alicyclic amines) is 1. The number of carbonyl (C=O) groups excluding carboxylic acids is 2. The van der Waals surface area contributed by atoms with Gasteiger partial charge in [-0.15, -0.1) is 5.10 Å². The lowest BCUT2D eigenvalue weighted by Gasteiger charge is -2.52. The lowest BCUT2D eigenvalue weighted by Crippen LogP contribution is -2.61. The first-order chi connectivity index (χ1) is 11.2. The molecule has 3 fully saturated rings. The maximum Gasteiger partial charge on any atom is 0.224 e. The molecule has 3 aliphatic rings. The SMILES string of the molecule is O=C(CCn1cnnn1)N1C[C@H]2C[C@@H](C1)C1CCCC(=O)N1C2. The van der Waals surface area contributed by atoms with Crippen molar-refractivity contribution in [3.63, 3.8) is 0 Å². The standard InChI is InChI=1S/C15H22N6O2/c22-14(4-5-20-10-16-17-18-20)19-7-11-6-12(9-19)13-2-1-3-15(23)21(13)8-11/h10-13H,1-9H2/t11-,12+,13?/m1/s1. The Bertz CT molecular complexity index is 589. The van der Waals surface area contributed by atoms with Crippen LogP contribution in [0.3, 0.4) is 0 Å². The van der Waals surface area contributed by atoms with Gasteiger partial charge < -0.3 is 9.80 Å². The van der Waals surface area contributed by atoms with Crippen molar-refractivity contribution in [2.24, 2.45) is 11.8 Å². The Morgan fingerprint density at radius 2 is 2.22 bits per heavy atom. The monoisotopic (exact) mass is 318 g/mol. The van der Waals surface area contributed by atoms with Gasteiger partial charge in [-0.25, -0.2) is 4.68 Å². The summed E-state index contributed by atoms with van der Waals surface area (Å²) < 4.78 is 1.59. The Kier molecular flexibility index (Phi) is 3.74. The molecule has 0 saturated carbocycles. The highest BCUT2D eigenvalue weighted by atomic mass is 16.2. The van der Waals surface area contributed by atoms with E-state index in [-0.39, 0.29) is 5.91 Å². The molecule has 3 aliphatic heterocycles. The topological polar surface area (TPSA) is 84.2 Å². The van der Waals surface area contributed by atoms with Gasteiger partial charge in [0, 0.05) is 38.5 Å². The molecule has 8 heteroatoms. The normalized spacial score (nSPS) is 30.3. The maximum absolute atomic E-state index is 12.5. The van der Waals surface area contributed by atoms with Gasteiger partial charge in [0.2, 0.25) is 11.8 Å². The first kappa shape index (κ1) is 14.6. The van der Waals surface area contributed by atoms with Crippen LogP contribution in [0.5, 0.6) is 0 Å². The molecule has 4 rings (SSSR count). The lowest BCUT2D eigenvalue weighted by atomic mass is 9.76. The molecule has 23 heavy (non-hydrogen) atoms. The van der Waals surface area contributed by atoms with Crippen LogP contribution in [0.25, 0.3) is 0 Å². The van der Waals surface area contributed by atoms with Crippen molar-refractivity contribution in [1.29, 1.82) is 0 Å². The lowest BCUT2D eigenvalue weighted by molar-refractivity contribution is -0.148. The summed E-state index contributed by atoms with van der Waals surface area (Å²) in [6, 6.07) is 0.350. The average molecular weight is 318 g/mol. The molecule has 1 aromatic heterocycles. The predicted octanol–water partition coefficient (Wildman–Crippen LogP) is -0.0774. The van der Waals surface area contributed by atoms with Gasteiger partial charge in [0.05, 0.1) is 6.54 Å². The summed E-state index contributed by atoms with van der Waals surface area (Å²) in [5.41, 5.74) is 0. The van der Waals surface area contributed by atoms with Crippen molar-refractivity contribution >= 4 is 11.8 Å².